The second-order valence-electron chi connectivity index (χ2n) is 5.56. The summed E-state index contributed by atoms with van der Waals surface area (Å²) in [4.78, 5) is 7.81. The maximum atomic E-state index is 13.5. The van der Waals surface area contributed by atoms with Gasteiger partial charge in [0.15, 0.2) is 4.96 Å². The zero-order valence-corrected chi connectivity index (χ0v) is 15.1. The number of hydrogen-bond acceptors (Lipinski definition) is 3. The first-order chi connectivity index (χ1) is 10.5. The van der Waals surface area contributed by atoms with Gasteiger partial charge in [-0.2, -0.15) is 0 Å². The van der Waals surface area contributed by atoms with Crippen molar-refractivity contribution in [1.29, 1.82) is 0 Å². The number of imidazole rings is 1. The third kappa shape index (κ3) is 2.95. The maximum absolute atomic E-state index is 13.5. The summed E-state index contributed by atoms with van der Waals surface area (Å²) in [6.07, 6.45) is 2.06. The Morgan fingerprint density at radius 3 is 2.86 bits per heavy atom. The van der Waals surface area contributed by atoms with Crippen molar-refractivity contribution in [3.05, 3.63) is 56.5 Å². The van der Waals surface area contributed by atoms with Crippen LogP contribution in [0.1, 0.15) is 22.5 Å². The normalized spacial score (nSPS) is 11.7. The Bertz CT molecular complexity index is 824. The Morgan fingerprint density at radius 2 is 2.09 bits per heavy atom. The minimum atomic E-state index is -0.176. The lowest BCUT2D eigenvalue weighted by Crippen LogP contribution is -2.19. The Kier molecular flexibility index (Phi) is 4.34. The van der Waals surface area contributed by atoms with Gasteiger partial charge in [-0.1, -0.05) is 22.0 Å². The van der Waals surface area contributed by atoms with Gasteiger partial charge in [0.05, 0.1) is 11.4 Å². The molecule has 0 N–H and O–H groups in total. The monoisotopic (exact) mass is 381 g/mol. The van der Waals surface area contributed by atoms with Crippen molar-refractivity contribution in [2.75, 3.05) is 7.05 Å². The summed E-state index contributed by atoms with van der Waals surface area (Å²) in [6.45, 7) is 5.38. The van der Waals surface area contributed by atoms with E-state index in [2.05, 4.69) is 43.5 Å². The zero-order valence-electron chi connectivity index (χ0n) is 12.7. The highest BCUT2D eigenvalue weighted by atomic mass is 79.9. The van der Waals surface area contributed by atoms with Gasteiger partial charge in [0, 0.05) is 29.1 Å². The summed E-state index contributed by atoms with van der Waals surface area (Å²) in [5.74, 6) is -0.176. The van der Waals surface area contributed by atoms with E-state index in [1.54, 1.807) is 24.3 Å². The molecular weight excluding hydrogens is 365 g/mol. The fourth-order valence-corrected chi connectivity index (χ4v) is 3.79. The summed E-state index contributed by atoms with van der Waals surface area (Å²) >= 11 is 5.10. The number of nitrogens with zero attached hydrogens (tertiary/aromatic N) is 3. The number of fused-ring (bicyclic) bond motifs is 1. The van der Waals surface area contributed by atoms with Crippen molar-refractivity contribution in [3.63, 3.8) is 0 Å². The van der Waals surface area contributed by atoms with Crippen molar-refractivity contribution >= 4 is 32.2 Å². The molecule has 0 aliphatic heterocycles. The minimum Gasteiger partial charge on any atom is -0.296 e. The molecule has 0 unspecified atom stereocenters. The van der Waals surface area contributed by atoms with Crippen LogP contribution in [0.2, 0.25) is 0 Å². The molecule has 3 aromatic rings. The molecule has 1 aromatic carbocycles. The van der Waals surface area contributed by atoms with E-state index in [9.17, 15) is 4.39 Å². The molecule has 3 rings (SSSR count). The van der Waals surface area contributed by atoms with Gasteiger partial charge in [-0.3, -0.25) is 9.30 Å². The first-order valence-electron chi connectivity index (χ1n) is 7.00. The lowest BCUT2D eigenvalue weighted by atomic mass is 10.1. The zero-order chi connectivity index (χ0) is 15.9. The van der Waals surface area contributed by atoms with Crippen LogP contribution in [0.15, 0.2) is 28.2 Å². The van der Waals surface area contributed by atoms with Crippen LogP contribution in [-0.2, 0) is 13.1 Å². The molecule has 0 spiro atoms. The van der Waals surface area contributed by atoms with Gasteiger partial charge in [-0.05, 0) is 38.1 Å². The Labute approximate surface area is 141 Å². The third-order valence-electron chi connectivity index (χ3n) is 3.75. The van der Waals surface area contributed by atoms with Crippen LogP contribution in [0.3, 0.4) is 0 Å². The van der Waals surface area contributed by atoms with E-state index in [0.29, 0.717) is 5.56 Å². The van der Waals surface area contributed by atoms with E-state index in [4.69, 9.17) is 0 Å². The van der Waals surface area contributed by atoms with E-state index in [1.807, 2.05) is 18.4 Å². The molecule has 3 nitrogen and oxygen atoms in total. The molecule has 0 aliphatic carbocycles. The molecular formula is C16H17BrFN3S. The molecule has 0 fully saturated rings. The van der Waals surface area contributed by atoms with E-state index in [-0.39, 0.29) is 5.82 Å². The third-order valence-corrected chi connectivity index (χ3v) is 5.24. The molecule has 0 bridgehead atoms. The number of thiazole rings is 1. The fraction of sp³-hybridized carbons (Fsp3) is 0.312. The lowest BCUT2D eigenvalue weighted by molar-refractivity contribution is 0.312. The van der Waals surface area contributed by atoms with E-state index in [1.165, 1.54) is 5.69 Å². The van der Waals surface area contributed by atoms with Crippen LogP contribution < -0.4 is 0 Å². The van der Waals surface area contributed by atoms with Gasteiger partial charge in [0.25, 0.3) is 0 Å². The maximum Gasteiger partial charge on any atom is 0.194 e. The number of aromatic nitrogens is 2. The first-order valence-corrected chi connectivity index (χ1v) is 8.67. The topological polar surface area (TPSA) is 20.5 Å². The van der Waals surface area contributed by atoms with Crippen molar-refractivity contribution in [1.82, 2.24) is 14.3 Å². The molecule has 0 amide bonds. The minimum absolute atomic E-state index is 0.176. The van der Waals surface area contributed by atoms with Gasteiger partial charge < -0.3 is 0 Å². The largest absolute Gasteiger partial charge is 0.296 e. The van der Waals surface area contributed by atoms with Crippen LogP contribution in [0.5, 0.6) is 0 Å². The van der Waals surface area contributed by atoms with Crippen LogP contribution >= 0.6 is 27.3 Å². The molecule has 2 aromatic heterocycles. The van der Waals surface area contributed by atoms with Crippen molar-refractivity contribution in [2.45, 2.75) is 26.9 Å². The van der Waals surface area contributed by atoms with E-state index < -0.39 is 0 Å². The molecule has 0 aliphatic rings. The first kappa shape index (κ1) is 15.6. The van der Waals surface area contributed by atoms with Gasteiger partial charge in [-0.15, -0.1) is 11.3 Å². The van der Waals surface area contributed by atoms with Crippen molar-refractivity contribution in [3.8, 4) is 0 Å². The molecule has 2 heterocycles. The molecule has 0 saturated carbocycles. The van der Waals surface area contributed by atoms with Gasteiger partial charge in [0.1, 0.15) is 5.82 Å². The highest BCUT2D eigenvalue weighted by molar-refractivity contribution is 9.10. The summed E-state index contributed by atoms with van der Waals surface area (Å²) in [6, 6.07) is 3.44. The van der Waals surface area contributed by atoms with Crippen LogP contribution in [-0.4, -0.2) is 21.3 Å². The van der Waals surface area contributed by atoms with Gasteiger partial charge >= 0.3 is 0 Å². The summed E-state index contributed by atoms with van der Waals surface area (Å²) in [7, 11) is 2.07. The van der Waals surface area contributed by atoms with Crippen LogP contribution in [0.25, 0.3) is 4.96 Å². The smallest absolute Gasteiger partial charge is 0.194 e. The van der Waals surface area contributed by atoms with Gasteiger partial charge in [-0.25, -0.2) is 9.37 Å². The fourth-order valence-electron chi connectivity index (χ4n) is 2.57. The molecule has 22 heavy (non-hydrogen) atoms. The van der Waals surface area contributed by atoms with E-state index >= 15 is 0 Å². The average molecular weight is 382 g/mol. The standard InChI is InChI=1S/C16H17BrFN3S/c1-10-6-12(13(17)7-14(10)18)8-20(3)9-15-11(2)19-16-21(15)4-5-22-16/h4-7H,8-9H2,1-3H3. The molecule has 116 valence electrons. The Balaban J connectivity index is 1.81. The quantitative estimate of drug-likeness (QED) is 0.660. The number of aryl methyl sites for hydroxylation is 2. The van der Waals surface area contributed by atoms with E-state index in [0.717, 1.165) is 33.8 Å². The lowest BCUT2D eigenvalue weighted by Gasteiger charge is -2.18. The van der Waals surface area contributed by atoms with Crippen LogP contribution in [0.4, 0.5) is 4.39 Å². The predicted octanol–water partition coefficient (Wildman–Crippen LogP) is 4.55. The summed E-state index contributed by atoms with van der Waals surface area (Å²) < 4.78 is 16.5. The Morgan fingerprint density at radius 1 is 1.32 bits per heavy atom. The van der Waals surface area contributed by atoms with Crippen molar-refractivity contribution < 1.29 is 4.39 Å². The highest BCUT2D eigenvalue weighted by Gasteiger charge is 2.13. The number of hydrogen-bond donors (Lipinski definition) is 0. The van der Waals surface area contributed by atoms with Crippen LogP contribution in [0, 0.1) is 19.7 Å². The number of halogens is 2. The summed E-state index contributed by atoms with van der Waals surface area (Å²) in [5.41, 5.74) is 4.03. The van der Waals surface area contributed by atoms with Crippen molar-refractivity contribution in [2.24, 2.45) is 0 Å². The number of rotatable bonds is 4. The SMILES string of the molecule is Cc1cc(CN(C)Cc2c(C)nc3sccn23)c(Br)cc1F. The molecule has 6 heteroatoms. The molecule has 0 atom stereocenters. The van der Waals surface area contributed by atoms with Gasteiger partial charge in [0.2, 0.25) is 0 Å². The second kappa shape index (κ2) is 6.10. The number of benzene rings is 1. The summed E-state index contributed by atoms with van der Waals surface area (Å²) in [5, 5.41) is 2.05. The second-order valence-corrected chi connectivity index (χ2v) is 7.29. The highest BCUT2D eigenvalue weighted by Crippen LogP contribution is 2.23. The molecule has 0 saturated heterocycles. The average Bonchev–Trinajstić information content (AvgIpc) is 2.99. The molecule has 0 radical (unpaired) electrons. The predicted molar refractivity (Wildman–Crippen MR) is 91.8 cm³/mol. The Hall–Kier alpha value is -1.24.